The maximum atomic E-state index is 12.0. The molecule has 2 N–H and O–H groups in total. The van der Waals surface area contributed by atoms with Crippen LogP contribution in [0, 0.1) is 5.92 Å². The number of para-hydroxylation sites is 1. The summed E-state index contributed by atoms with van der Waals surface area (Å²) in [5.74, 6) is -0.951. The van der Waals surface area contributed by atoms with E-state index in [-0.39, 0.29) is 12.3 Å². The summed E-state index contributed by atoms with van der Waals surface area (Å²) in [6, 6.07) is 9.39. The summed E-state index contributed by atoms with van der Waals surface area (Å²) >= 11 is 0. The topological polar surface area (TPSA) is 63.4 Å². The molecule has 1 aromatic rings. The van der Waals surface area contributed by atoms with Crippen LogP contribution in [0.15, 0.2) is 30.3 Å². The first kappa shape index (κ1) is 13.2. The van der Waals surface area contributed by atoms with Crippen molar-refractivity contribution in [3.63, 3.8) is 0 Å². The molecule has 0 heterocycles. The number of benzene rings is 1. The number of rotatable bonds is 5. The van der Waals surface area contributed by atoms with Crippen molar-refractivity contribution in [1.29, 1.82) is 0 Å². The van der Waals surface area contributed by atoms with Crippen LogP contribution in [0.2, 0.25) is 0 Å². The van der Waals surface area contributed by atoms with Gasteiger partial charge in [0, 0.05) is 24.6 Å². The smallest absolute Gasteiger partial charge is 0.227 e. The second-order valence-electron chi connectivity index (χ2n) is 3.98. The van der Waals surface area contributed by atoms with E-state index < -0.39 is 11.8 Å². The van der Waals surface area contributed by atoms with Crippen LogP contribution in [-0.4, -0.2) is 18.4 Å². The summed E-state index contributed by atoms with van der Waals surface area (Å²) in [5, 5.41) is 0. The Morgan fingerprint density at radius 2 is 1.88 bits per heavy atom. The molecule has 0 aliphatic carbocycles. The largest absolute Gasteiger partial charge is 0.369 e. The van der Waals surface area contributed by atoms with Crippen LogP contribution in [0.1, 0.15) is 20.3 Å². The molecule has 0 aromatic heterocycles. The fourth-order valence-corrected chi connectivity index (χ4v) is 1.58. The molecular formula is C13H18N2O2. The van der Waals surface area contributed by atoms with E-state index in [1.54, 1.807) is 11.8 Å². The average molecular weight is 234 g/mol. The summed E-state index contributed by atoms with van der Waals surface area (Å²) in [6.45, 7) is 4.15. The molecule has 4 nitrogen and oxygen atoms in total. The minimum absolute atomic E-state index is 0.0787. The van der Waals surface area contributed by atoms with E-state index in [1.807, 2.05) is 37.3 Å². The van der Waals surface area contributed by atoms with Gasteiger partial charge in [-0.25, -0.2) is 0 Å². The number of hydrogen-bond acceptors (Lipinski definition) is 2. The van der Waals surface area contributed by atoms with E-state index in [2.05, 4.69) is 0 Å². The fraction of sp³-hybridized carbons (Fsp3) is 0.385. The minimum atomic E-state index is -0.442. The molecule has 1 aromatic carbocycles. The molecule has 1 unspecified atom stereocenters. The Morgan fingerprint density at radius 1 is 1.29 bits per heavy atom. The second kappa shape index (κ2) is 6.03. The fourth-order valence-electron chi connectivity index (χ4n) is 1.58. The molecule has 0 spiro atoms. The van der Waals surface area contributed by atoms with Gasteiger partial charge in [0.05, 0.1) is 0 Å². The first-order valence-corrected chi connectivity index (χ1v) is 5.71. The maximum Gasteiger partial charge on any atom is 0.227 e. The van der Waals surface area contributed by atoms with E-state index in [1.165, 1.54) is 0 Å². The third kappa shape index (κ3) is 3.59. The van der Waals surface area contributed by atoms with Crippen molar-refractivity contribution in [2.45, 2.75) is 20.3 Å². The molecule has 1 rings (SSSR count). The molecule has 0 saturated carbocycles. The van der Waals surface area contributed by atoms with Crippen molar-refractivity contribution < 1.29 is 9.59 Å². The summed E-state index contributed by atoms with van der Waals surface area (Å²) in [5.41, 5.74) is 6.00. The van der Waals surface area contributed by atoms with Crippen LogP contribution in [-0.2, 0) is 9.59 Å². The Morgan fingerprint density at radius 3 is 2.35 bits per heavy atom. The van der Waals surface area contributed by atoms with Gasteiger partial charge in [-0.05, 0) is 19.1 Å². The summed E-state index contributed by atoms with van der Waals surface area (Å²) in [4.78, 5) is 24.6. The highest BCUT2D eigenvalue weighted by Gasteiger charge is 2.19. The highest BCUT2D eigenvalue weighted by molar-refractivity contribution is 5.95. The summed E-state index contributed by atoms with van der Waals surface area (Å²) < 4.78 is 0. The standard InChI is InChI=1S/C13H18N2O2/c1-3-15(11-7-5-4-6-8-11)12(16)9-10(2)13(14)17/h4-8,10H,3,9H2,1-2H3,(H2,14,17). The SMILES string of the molecule is CCN(C(=O)CC(C)C(N)=O)c1ccccc1. The van der Waals surface area contributed by atoms with Gasteiger partial charge in [0.2, 0.25) is 11.8 Å². The van der Waals surface area contributed by atoms with Crippen LogP contribution < -0.4 is 10.6 Å². The Bertz CT molecular complexity index is 390. The van der Waals surface area contributed by atoms with Gasteiger partial charge in [-0.15, -0.1) is 0 Å². The van der Waals surface area contributed by atoms with E-state index in [0.29, 0.717) is 6.54 Å². The third-order valence-electron chi connectivity index (χ3n) is 2.65. The molecule has 1 atom stereocenters. The lowest BCUT2D eigenvalue weighted by atomic mass is 10.1. The third-order valence-corrected chi connectivity index (χ3v) is 2.65. The van der Waals surface area contributed by atoms with Crippen LogP contribution in [0.4, 0.5) is 5.69 Å². The molecule has 0 aliphatic rings. The lowest BCUT2D eigenvalue weighted by Gasteiger charge is -2.22. The van der Waals surface area contributed by atoms with Crippen molar-refractivity contribution in [3.8, 4) is 0 Å². The number of amides is 2. The lowest BCUT2D eigenvalue weighted by molar-refractivity contribution is -0.126. The van der Waals surface area contributed by atoms with Gasteiger partial charge in [0.25, 0.3) is 0 Å². The predicted octanol–water partition coefficient (Wildman–Crippen LogP) is 1.55. The predicted molar refractivity (Wildman–Crippen MR) is 67.4 cm³/mol. The van der Waals surface area contributed by atoms with E-state index >= 15 is 0 Å². The zero-order valence-electron chi connectivity index (χ0n) is 10.2. The normalized spacial score (nSPS) is 11.9. The van der Waals surface area contributed by atoms with Crippen LogP contribution in [0.25, 0.3) is 0 Å². The average Bonchev–Trinajstić information content (AvgIpc) is 2.31. The molecule has 0 aliphatic heterocycles. The number of nitrogens with two attached hydrogens (primary N) is 1. The van der Waals surface area contributed by atoms with Crippen molar-refractivity contribution >= 4 is 17.5 Å². The van der Waals surface area contributed by atoms with Gasteiger partial charge in [-0.2, -0.15) is 0 Å². The van der Waals surface area contributed by atoms with Gasteiger partial charge in [0.1, 0.15) is 0 Å². The Balaban J connectivity index is 2.75. The summed E-state index contributed by atoms with van der Waals surface area (Å²) in [6.07, 6.45) is 0.151. The Hall–Kier alpha value is -1.84. The van der Waals surface area contributed by atoms with Gasteiger partial charge in [-0.1, -0.05) is 25.1 Å². The molecule has 2 amide bonds. The van der Waals surface area contributed by atoms with E-state index in [4.69, 9.17) is 5.73 Å². The first-order valence-electron chi connectivity index (χ1n) is 5.71. The minimum Gasteiger partial charge on any atom is -0.369 e. The number of hydrogen-bond donors (Lipinski definition) is 1. The summed E-state index contributed by atoms with van der Waals surface area (Å²) in [7, 11) is 0. The second-order valence-corrected chi connectivity index (χ2v) is 3.98. The van der Waals surface area contributed by atoms with Crippen molar-refractivity contribution in [1.82, 2.24) is 0 Å². The number of nitrogens with zero attached hydrogens (tertiary/aromatic N) is 1. The molecule has 0 bridgehead atoms. The highest BCUT2D eigenvalue weighted by atomic mass is 16.2. The number of carbonyl (C=O) groups is 2. The molecule has 17 heavy (non-hydrogen) atoms. The zero-order chi connectivity index (χ0) is 12.8. The Kier molecular flexibility index (Phi) is 4.69. The zero-order valence-corrected chi connectivity index (χ0v) is 10.2. The molecular weight excluding hydrogens is 216 g/mol. The van der Waals surface area contributed by atoms with Crippen molar-refractivity contribution in [3.05, 3.63) is 30.3 Å². The van der Waals surface area contributed by atoms with Crippen molar-refractivity contribution in [2.75, 3.05) is 11.4 Å². The number of primary amides is 1. The maximum absolute atomic E-state index is 12.0. The van der Waals surface area contributed by atoms with E-state index in [9.17, 15) is 9.59 Å². The number of carbonyl (C=O) groups excluding carboxylic acids is 2. The lowest BCUT2D eigenvalue weighted by Crippen LogP contribution is -2.34. The molecule has 0 fully saturated rings. The first-order chi connectivity index (χ1) is 8.06. The van der Waals surface area contributed by atoms with Crippen LogP contribution >= 0.6 is 0 Å². The molecule has 4 heteroatoms. The molecule has 0 saturated heterocycles. The van der Waals surface area contributed by atoms with Gasteiger partial charge in [-0.3, -0.25) is 9.59 Å². The molecule has 92 valence electrons. The van der Waals surface area contributed by atoms with Crippen molar-refractivity contribution in [2.24, 2.45) is 11.7 Å². The van der Waals surface area contributed by atoms with Crippen LogP contribution in [0.5, 0.6) is 0 Å². The Labute approximate surface area is 101 Å². The quantitative estimate of drug-likeness (QED) is 0.840. The highest BCUT2D eigenvalue weighted by Crippen LogP contribution is 2.15. The molecule has 0 radical (unpaired) electrons. The monoisotopic (exact) mass is 234 g/mol. The van der Waals surface area contributed by atoms with Gasteiger partial charge >= 0.3 is 0 Å². The van der Waals surface area contributed by atoms with Gasteiger partial charge in [0.15, 0.2) is 0 Å². The number of anilines is 1. The van der Waals surface area contributed by atoms with Gasteiger partial charge < -0.3 is 10.6 Å². The van der Waals surface area contributed by atoms with E-state index in [0.717, 1.165) is 5.69 Å². The van der Waals surface area contributed by atoms with Crippen LogP contribution in [0.3, 0.4) is 0 Å².